The molecule has 0 saturated heterocycles. The van der Waals surface area contributed by atoms with Crippen molar-refractivity contribution in [2.45, 2.75) is 19.4 Å². The summed E-state index contributed by atoms with van der Waals surface area (Å²) in [6.45, 7) is 1.49. The van der Waals surface area contributed by atoms with E-state index >= 15 is 0 Å². The number of rotatable bonds is 2. The number of aromatic nitrogens is 2. The van der Waals surface area contributed by atoms with E-state index in [-0.39, 0.29) is 30.4 Å². The number of hydrogen-bond donors (Lipinski definition) is 1. The van der Waals surface area contributed by atoms with Gasteiger partial charge in [-0.3, -0.25) is 18.7 Å². The normalized spacial score (nSPS) is 17.8. The van der Waals surface area contributed by atoms with Gasteiger partial charge in [-0.15, -0.1) is 0 Å². The summed E-state index contributed by atoms with van der Waals surface area (Å²) < 4.78 is 12.6. The molecule has 28 heavy (non-hydrogen) atoms. The van der Waals surface area contributed by atoms with E-state index in [1.807, 2.05) is 0 Å². The molecule has 1 aromatic carbocycles. The van der Waals surface area contributed by atoms with E-state index in [1.165, 1.54) is 26.0 Å². The average Bonchev–Trinajstić information content (AvgIpc) is 3.31. The molecule has 2 aromatic rings. The van der Waals surface area contributed by atoms with Crippen molar-refractivity contribution in [2.24, 2.45) is 19.2 Å². The molecule has 4 rings (SSSR count). The number of fused-ring (bicyclic) bond motifs is 1. The van der Waals surface area contributed by atoms with E-state index in [4.69, 9.17) is 9.47 Å². The maximum absolute atomic E-state index is 12.6. The zero-order valence-electron chi connectivity index (χ0n) is 15.5. The van der Waals surface area contributed by atoms with Crippen LogP contribution in [0.4, 0.5) is 0 Å². The molecular formula is C18H18N4O6. The van der Waals surface area contributed by atoms with Gasteiger partial charge in [-0.05, 0) is 17.7 Å². The molecule has 1 amide bonds. The highest BCUT2D eigenvalue weighted by atomic mass is 16.7. The Kier molecular flexibility index (Phi) is 3.98. The molecule has 0 spiro atoms. The molecule has 0 bridgehead atoms. The quantitative estimate of drug-likeness (QED) is 0.789. The molecule has 3 heterocycles. The maximum Gasteiger partial charge on any atom is 0.333 e. The van der Waals surface area contributed by atoms with Crippen molar-refractivity contribution in [3.05, 3.63) is 50.2 Å². The van der Waals surface area contributed by atoms with Crippen LogP contribution in [0.5, 0.6) is 17.4 Å². The van der Waals surface area contributed by atoms with E-state index in [0.717, 1.165) is 14.7 Å². The first-order valence-electron chi connectivity index (χ1n) is 8.55. The molecule has 1 N–H and O–H groups in total. The Labute approximate surface area is 158 Å². The van der Waals surface area contributed by atoms with Crippen LogP contribution < -0.4 is 20.7 Å². The van der Waals surface area contributed by atoms with Crippen molar-refractivity contribution in [3.8, 4) is 17.4 Å². The van der Waals surface area contributed by atoms with E-state index in [0.29, 0.717) is 11.5 Å². The van der Waals surface area contributed by atoms with Crippen molar-refractivity contribution < 1.29 is 19.4 Å². The third kappa shape index (κ3) is 2.56. The number of hydrogen-bond acceptors (Lipinski definition) is 7. The molecular weight excluding hydrogens is 368 g/mol. The molecule has 0 unspecified atom stereocenters. The molecule has 2 aliphatic heterocycles. The summed E-state index contributed by atoms with van der Waals surface area (Å²) in [5.74, 6) is 0.373. The Bertz CT molecular complexity index is 1150. The first kappa shape index (κ1) is 17.8. The van der Waals surface area contributed by atoms with Crippen molar-refractivity contribution in [2.75, 3.05) is 6.79 Å². The number of ether oxygens (including phenoxy) is 2. The monoisotopic (exact) mass is 386 g/mol. The maximum atomic E-state index is 12.6. The van der Waals surface area contributed by atoms with E-state index in [1.54, 1.807) is 18.2 Å². The van der Waals surface area contributed by atoms with Crippen LogP contribution in [0.1, 0.15) is 30.5 Å². The number of benzene rings is 1. The summed E-state index contributed by atoms with van der Waals surface area (Å²) >= 11 is 0. The van der Waals surface area contributed by atoms with Crippen LogP contribution in [0, 0.1) is 0 Å². The van der Waals surface area contributed by atoms with Crippen LogP contribution in [-0.4, -0.2) is 37.7 Å². The largest absolute Gasteiger partial charge is 0.494 e. The topological polar surface area (TPSA) is 115 Å². The Morgan fingerprint density at radius 2 is 1.89 bits per heavy atom. The van der Waals surface area contributed by atoms with Crippen LogP contribution in [0.3, 0.4) is 0 Å². The average molecular weight is 386 g/mol. The smallest absolute Gasteiger partial charge is 0.333 e. The Balaban J connectivity index is 1.80. The molecule has 10 heteroatoms. The van der Waals surface area contributed by atoms with Gasteiger partial charge in [-0.2, -0.15) is 5.10 Å². The van der Waals surface area contributed by atoms with E-state index < -0.39 is 23.2 Å². The molecule has 0 saturated carbocycles. The van der Waals surface area contributed by atoms with Gasteiger partial charge in [0.15, 0.2) is 11.5 Å². The number of hydrazone groups is 1. The van der Waals surface area contributed by atoms with Crippen LogP contribution in [0.2, 0.25) is 0 Å². The molecule has 0 aliphatic carbocycles. The van der Waals surface area contributed by atoms with Gasteiger partial charge in [-0.1, -0.05) is 6.07 Å². The second-order valence-corrected chi connectivity index (χ2v) is 6.65. The van der Waals surface area contributed by atoms with Gasteiger partial charge >= 0.3 is 5.69 Å². The molecule has 1 atom stereocenters. The number of carbonyl (C=O) groups is 1. The van der Waals surface area contributed by atoms with Crippen LogP contribution >= 0.6 is 0 Å². The summed E-state index contributed by atoms with van der Waals surface area (Å²) in [6, 6.07) is 4.82. The molecule has 1 aromatic heterocycles. The Morgan fingerprint density at radius 1 is 1.18 bits per heavy atom. The lowest BCUT2D eigenvalue weighted by molar-refractivity contribution is -0.130. The summed E-state index contributed by atoms with van der Waals surface area (Å²) in [6.07, 6.45) is 0.195. The minimum atomic E-state index is -0.672. The lowest BCUT2D eigenvalue weighted by atomic mass is 9.98. The minimum Gasteiger partial charge on any atom is -0.494 e. The Morgan fingerprint density at radius 3 is 2.61 bits per heavy atom. The van der Waals surface area contributed by atoms with Crippen molar-refractivity contribution in [3.63, 3.8) is 0 Å². The molecule has 2 aliphatic rings. The fraction of sp³-hybridized carbons (Fsp3) is 0.333. The highest BCUT2D eigenvalue weighted by Gasteiger charge is 2.35. The molecule has 0 fully saturated rings. The van der Waals surface area contributed by atoms with Crippen molar-refractivity contribution in [1.82, 2.24) is 14.1 Å². The molecule has 0 radical (unpaired) electrons. The zero-order chi connectivity index (χ0) is 20.2. The fourth-order valence-corrected chi connectivity index (χ4v) is 3.42. The lowest BCUT2D eigenvalue weighted by Gasteiger charge is -2.20. The third-order valence-electron chi connectivity index (χ3n) is 4.94. The number of aromatic hydroxyl groups is 1. The van der Waals surface area contributed by atoms with Gasteiger partial charge in [0.05, 0.1) is 11.8 Å². The molecule has 146 valence electrons. The lowest BCUT2D eigenvalue weighted by Crippen LogP contribution is -2.39. The van der Waals surface area contributed by atoms with Crippen LogP contribution in [0.25, 0.3) is 0 Å². The van der Waals surface area contributed by atoms with Gasteiger partial charge in [0.25, 0.3) is 5.56 Å². The van der Waals surface area contributed by atoms with Gasteiger partial charge in [-0.25, -0.2) is 9.80 Å². The number of nitrogens with zero attached hydrogens (tertiary/aromatic N) is 4. The van der Waals surface area contributed by atoms with E-state index in [9.17, 15) is 19.5 Å². The molecule has 10 nitrogen and oxygen atoms in total. The summed E-state index contributed by atoms with van der Waals surface area (Å²) in [7, 11) is 2.68. The highest BCUT2D eigenvalue weighted by Crippen LogP contribution is 2.39. The second-order valence-electron chi connectivity index (χ2n) is 6.65. The SMILES string of the molecule is CC(=O)N1N=C(c2c(O)n(C)c(=O)n(C)c2=O)C[C@@H]1c1ccc2c(c1)OCO2. The summed E-state index contributed by atoms with van der Waals surface area (Å²) in [5, 5.41) is 15.9. The number of carbonyl (C=O) groups excluding carboxylic acids is 1. The standard InChI is InChI=1S/C18H18N4O6/c1-9(23)22-12(10-4-5-13-14(6-10)28-8-27-13)7-11(19-22)15-16(24)20(2)18(26)21(3)17(15)25/h4-6,12,24H,7-8H2,1-3H3/t12-/m1/s1. The predicted octanol–water partition coefficient (Wildman–Crippen LogP) is 0.216. The second kappa shape index (κ2) is 6.25. The van der Waals surface area contributed by atoms with Crippen LogP contribution in [-0.2, 0) is 18.9 Å². The number of amides is 1. The van der Waals surface area contributed by atoms with Crippen molar-refractivity contribution >= 4 is 11.6 Å². The summed E-state index contributed by atoms with van der Waals surface area (Å²) in [4.78, 5) is 36.7. The predicted molar refractivity (Wildman–Crippen MR) is 97.6 cm³/mol. The first-order valence-corrected chi connectivity index (χ1v) is 8.55. The third-order valence-corrected chi connectivity index (χ3v) is 4.94. The fourth-order valence-electron chi connectivity index (χ4n) is 3.42. The highest BCUT2D eigenvalue weighted by molar-refractivity contribution is 6.04. The van der Waals surface area contributed by atoms with Gasteiger partial charge < -0.3 is 14.6 Å². The first-order chi connectivity index (χ1) is 13.3. The summed E-state index contributed by atoms with van der Waals surface area (Å²) in [5.41, 5.74) is -0.445. The zero-order valence-corrected chi connectivity index (χ0v) is 15.5. The van der Waals surface area contributed by atoms with E-state index in [2.05, 4.69) is 5.10 Å². The van der Waals surface area contributed by atoms with Gasteiger partial charge in [0.2, 0.25) is 18.6 Å². The van der Waals surface area contributed by atoms with Gasteiger partial charge in [0.1, 0.15) is 5.56 Å². The van der Waals surface area contributed by atoms with Crippen LogP contribution in [0.15, 0.2) is 32.9 Å². The van der Waals surface area contributed by atoms with Crippen molar-refractivity contribution in [1.29, 1.82) is 0 Å². The Hall–Kier alpha value is -3.56. The van der Waals surface area contributed by atoms with Gasteiger partial charge in [0, 0.05) is 27.4 Å². The minimum absolute atomic E-state index is 0.0981.